The Balaban J connectivity index is 2.17. The molecule has 0 unspecified atom stereocenters. The lowest BCUT2D eigenvalue weighted by Crippen LogP contribution is -2.28. The van der Waals surface area contributed by atoms with Crippen molar-refractivity contribution in [3.8, 4) is 11.8 Å². The minimum absolute atomic E-state index is 0.423. The molecule has 1 atom stereocenters. The van der Waals surface area contributed by atoms with Crippen molar-refractivity contribution < 1.29 is 14.3 Å². The zero-order valence-electron chi connectivity index (χ0n) is 13.5. The second-order valence-corrected chi connectivity index (χ2v) is 6.13. The number of ether oxygens (including phenoxy) is 1. The monoisotopic (exact) mass is 342 g/mol. The second kappa shape index (κ2) is 8.27. The molecule has 0 fully saturated rings. The van der Waals surface area contributed by atoms with E-state index in [1.165, 1.54) is 11.3 Å². The van der Waals surface area contributed by atoms with Crippen molar-refractivity contribution >= 4 is 28.7 Å². The van der Waals surface area contributed by atoms with Crippen LogP contribution in [0, 0.1) is 17.2 Å². The molecule has 1 aromatic heterocycles. The van der Waals surface area contributed by atoms with Crippen molar-refractivity contribution in [2.75, 3.05) is 11.9 Å². The van der Waals surface area contributed by atoms with Gasteiger partial charge < -0.3 is 10.1 Å². The quantitative estimate of drug-likeness (QED) is 0.615. The number of para-hydroxylation sites is 2. The predicted octanol–water partition coefficient (Wildman–Crippen LogP) is 3.67. The molecule has 0 saturated heterocycles. The Bertz CT molecular complexity index is 777. The Kier molecular flexibility index (Phi) is 6.10. The molecule has 1 amide bonds. The van der Waals surface area contributed by atoms with E-state index in [2.05, 4.69) is 5.32 Å². The first-order chi connectivity index (χ1) is 11.6. The van der Waals surface area contributed by atoms with Gasteiger partial charge in [-0.15, -0.1) is 11.3 Å². The van der Waals surface area contributed by atoms with Crippen LogP contribution in [0.3, 0.4) is 0 Å². The fourth-order valence-electron chi connectivity index (χ4n) is 2.14. The first-order valence-corrected chi connectivity index (χ1v) is 8.47. The van der Waals surface area contributed by atoms with E-state index in [4.69, 9.17) is 4.74 Å². The van der Waals surface area contributed by atoms with Gasteiger partial charge in [0.15, 0.2) is 11.7 Å². The number of thiophene rings is 1. The number of carbonyl (C=O) groups excluding carboxylic acids is 2. The van der Waals surface area contributed by atoms with E-state index < -0.39 is 17.6 Å². The van der Waals surface area contributed by atoms with E-state index in [1.54, 1.807) is 36.4 Å². The summed E-state index contributed by atoms with van der Waals surface area (Å²) in [5.41, 5.74) is 0.442. The van der Waals surface area contributed by atoms with E-state index in [-0.39, 0.29) is 0 Å². The van der Waals surface area contributed by atoms with Gasteiger partial charge in [0.25, 0.3) is 0 Å². The predicted molar refractivity (Wildman–Crippen MR) is 93.4 cm³/mol. The van der Waals surface area contributed by atoms with Gasteiger partial charge in [0.05, 0.1) is 23.2 Å². The number of carbonyl (C=O) groups is 2. The fraction of sp³-hybridized carbons (Fsp3) is 0.278. The highest BCUT2D eigenvalue weighted by molar-refractivity contribution is 7.14. The minimum Gasteiger partial charge on any atom is -0.492 e. The van der Waals surface area contributed by atoms with E-state index >= 15 is 0 Å². The number of rotatable bonds is 7. The van der Waals surface area contributed by atoms with Crippen LogP contribution in [0.4, 0.5) is 5.69 Å². The third-order valence-electron chi connectivity index (χ3n) is 3.35. The van der Waals surface area contributed by atoms with E-state index in [1.807, 2.05) is 19.9 Å². The molecule has 5 nitrogen and oxygen atoms in total. The van der Waals surface area contributed by atoms with Gasteiger partial charge in [-0.3, -0.25) is 9.59 Å². The van der Waals surface area contributed by atoms with Crippen LogP contribution in [0.15, 0.2) is 36.4 Å². The number of hydrogen-bond acceptors (Lipinski definition) is 5. The van der Waals surface area contributed by atoms with Gasteiger partial charge in [-0.25, -0.2) is 0 Å². The van der Waals surface area contributed by atoms with Crippen LogP contribution < -0.4 is 10.1 Å². The third-order valence-corrected chi connectivity index (χ3v) is 4.60. The Morgan fingerprint density at radius 2 is 2.00 bits per heavy atom. The minimum atomic E-state index is -1.39. The molecule has 2 rings (SSSR count). The largest absolute Gasteiger partial charge is 0.492 e. The highest BCUT2D eigenvalue weighted by atomic mass is 32.1. The number of ketones is 1. The zero-order chi connectivity index (χ0) is 17.5. The molecule has 6 heteroatoms. The zero-order valence-corrected chi connectivity index (χ0v) is 14.4. The summed E-state index contributed by atoms with van der Waals surface area (Å²) in [6.07, 6.45) is 0.809. The van der Waals surface area contributed by atoms with Crippen molar-refractivity contribution in [1.82, 2.24) is 0 Å². The maximum atomic E-state index is 12.4. The molecular weight excluding hydrogens is 324 g/mol. The van der Waals surface area contributed by atoms with Crippen molar-refractivity contribution in [3.05, 3.63) is 46.2 Å². The van der Waals surface area contributed by atoms with Crippen LogP contribution >= 0.6 is 11.3 Å². The summed E-state index contributed by atoms with van der Waals surface area (Å²) in [5.74, 6) is -2.01. The molecule has 0 aliphatic carbocycles. The molecule has 0 saturated carbocycles. The molecule has 0 aliphatic rings. The molecular formula is C18H18N2O3S. The second-order valence-electron chi connectivity index (χ2n) is 4.96. The standard InChI is InChI=1S/C18H18N2O3S/c1-3-12-9-10-16(24-12)17(21)13(11-19)18(22)20-14-7-5-6-8-15(14)23-4-2/h5-10,13H,3-4H2,1-2H3,(H,20,22)/t13-/m0/s1. The van der Waals surface area contributed by atoms with Gasteiger partial charge in [0.1, 0.15) is 5.75 Å². The van der Waals surface area contributed by atoms with Gasteiger partial charge >= 0.3 is 0 Å². The van der Waals surface area contributed by atoms with Crippen LogP contribution in [0.25, 0.3) is 0 Å². The van der Waals surface area contributed by atoms with Gasteiger partial charge in [-0.2, -0.15) is 5.26 Å². The van der Waals surface area contributed by atoms with Crippen molar-refractivity contribution in [3.63, 3.8) is 0 Å². The summed E-state index contributed by atoms with van der Waals surface area (Å²) >= 11 is 1.31. The van der Waals surface area contributed by atoms with Crippen molar-refractivity contribution in [2.45, 2.75) is 20.3 Å². The number of aryl methyl sites for hydroxylation is 1. The SMILES string of the molecule is CCOc1ccccc1NC(=O)[C@@H](C#N)C(=O)c1ccc(CC)s1. The summed E-state index contributed by atoms with van der Waals surface area (Å²) in [6.45, 7) is 4.27. The molecule has 24 heavy (non-hydrogen) atoms. The lowest BCUT2D eigenvalue weighted by Gasteiger charge is -2.12. The average molecular weight is 342 g/mol. The molecule has 124 valence electrons. The number of amides is 1. The van der Waals surface area contributed by atoms with Crippen LogP contribution in [-0.4, -0.2) is 18.3 Å². The summed E-state index contributed by atoms with van der Waals surface area (Å²) < 4.78 is 5.43. The summed E-state index contributed by atoms with van der Waals surface area (Å²) in [4.78, 5) is 26.3. The van der Waals surface area contributed by atoms with Gasteiger partial charge in [-0.05, 0) is 37.6 Å². The molecule has 1 heterocycles. The van der Waals surface area contributed by atoms with E-state index in [9.17, 15) is 14.9 Å². The van der Waals surface area contributed by atoms with Crippen LogP contribution in [0.1, 0.15) is 28.4 Å². The third kappa shape index (κ3) is 4.00. The molecule has 1 aromatic carbocycles. The van der Waals surface area contributed by atoms with Crippen LogP contribution in [0.5, 0.6) is 5.75 Å². The molecule has 0 spiro atoms. The number of benzene rings is 1. The topological polar surface area (TPSA) is 79.2 Å². The highest BCUT2D eigenvalue weighted by Gasteiger charge is 2.29. The number of nitrogens with one attached hydrogen (secondary N) is 1. The number of hydrogen-bond donors (Lipinski definition) is 1. The van der Waals surface area contributed by atoms with Crippen LogP contribution in [-0.2, 0) is 11.2 Å². The van der Waals surface area contributed by atoms with Crippen molar-refractivity contribution in [2.24, 2.45) is 5.92 Å². The first-order valence-electron chi connectivity index (χ1n) is 7.65. The Labute approximate surface area is 144 Å². The van der Waals surface area contributed by atoms with Gasteiger partial charge in [-0.1, -0.05) is 19.1 Å². The van der Waals surface area contributed by atoms with Gasteiger partial charge in [0.2, 0.25) is 5.91 Å². The average Bonchev–Trinajstić information content (AvgIpc) is 3.06. The maximum Gasteiger partial charge on any atom is 0.249 e. The molecule has 0 radical (unpaired) electrons. The van der Waals surface area contributed by atoms with Crippen molar-refractivity contribution in [1.29, 1.82) is 5.26 Å². The number of nitrogens with zero attached hydrogens (tertiary/aromatic N) is 1. The highest BCUT2D eigenvalue weighted by Crippen LogP contribution is 2.25. The summed E-state index contributed by atoms with van der Waals surface area (Å²) in [6, 6.07) is 12.2. The Hall–Kier alpha value is -2.65. The Morgan fingerprint density at radius 1 is 1.25 bits per heavy atom. The molecule has 2 aromatic rings. The van der Waals surface area contributed by atoms with E-state index in [0.29, 0.717) is 22.9 Å². The van der Waals surface area contributed by atoms with Crippen LogP contribution in [0.2, 0.25) is 0 Å². The summed E-state index contributed by atoms with van der Waals surface area (Å²) in [5, 5.41) is 11.9. The normalized spacial score (nSPS) is 11.4. The maximum absolute atomic E-state index is 12.4. The molecule has 0 aliphatic heterocycles. The first kappa shape index (κ1) is 17.7. The number of Topliss-reactive ketones (excluding diaryl/α,β-unsaturated/α-hetero) is 1. The number of anilines is 1. The number of nitriles is 1. The molecule has 0 bridgehead atoms. The van der Waals surface area contributed by atoms with Gasteiger partial charge in [0, 0.05) is 4.88 Å². The summed E-state index contributed by atoms with van der Waals surface area (Å²) in [7, 11) is 0. The fourth-order valence-corrected chi connectivity index (χ4v) is 3.05. The lowest BCUT2D eigenvalue weighted by molar-refractivity contribution is -0.117. The smallest absolute Gasteiger partial charge is 0.249 e. The molecule has 1 N–H and O–H groups in total. The Morgan fingerprint density at radius 3 is 2.62 bits per heavy atom. The van der Waals surface area contributed by atoms with E-state index in [0.717, 1.165) is 11.3 Å². The lowest BCUT2D eigenvalue weighted by atomic mass is 10.0.